The minimum atomic E-state index is -1.34. The summed E-state index contributed by atoms with van der Waals surface area (Å²) in [6, 6.07) is 1.12. The van der Waals surface area contributed by atoms with Crippen molar-refractivity contribution in [3.05, 3.63) is 33.9 Å². The molecule has 0 atom stereocenters. The minimum Gasteiger partial charge on any atom is -0.477 e. The van der Waals surface area contributed by atoms with Crippen LogP contribution in [0.2, 0.25) is 0 Å². The number of carboxylic acid groups (broad SMARTS) is 1. The van der Waals surface area contributed by atoms with Crippen LogP contribution < -0.4 is 25.4 Å². The highest BCUT2D eigenvalue weighted by atomic mass is 19.1. The zero-order chi connectivity index (χ0) is 17.7. The van der Waals surface area contributed by atoms with Gasteiger partial charge in [0.25, 0.3) is 0 Å². The van der Waals surface area contributed by atoms with Gasteiger partial charge in [0.15, 0.2) is 18.3 Å². The summed E-state index contributed by atoms with van der Waals surface area (Å²) in [5.41, 5.74) is -0.414. The fourth-order valence-corrected chi connectivity index (χ4v) is 3.36. The molecule has 9 heteroatoms. The van der Waals surface area contributed by atoms with Crippen LogP contribution in [0.3, 0.4) is 0 Å². The van der Waals surface area contributed by atoms with Crippen LogP contribution in [0.15, 0.2) is 17.1 Å². The summed E-state index contributed by atoms with van der Waals surface area (Å²) >= 11 is 0. The Morgan fingerprint density at radius 2 is 2.08 bits per heavy atom. The molecule has 1 fully saturated rings. The molecule has 2 aromatic rings. The summed E-state index contributed by atoms with van der Waals surface area (Å²) < 4.78 is 22.2. The van der Waals surface area contributed by atoms with Crippen LogP contribution in [-0.2, 0) is 0 Å². The lowest BCUT2D eigenvalue weighted by Gasteiger charge is -2.35. The zero-order valence-corrected chi connectivity index (χ0v) is 13.6. The lowest BCUT2D eigenvalue weighted by molar-refractivity contribution is 0.0694. The molecular weight excluding hydrogens is 331 g/mol. The van der Waals surface area contributed by atoms with Gasteiger partial charge in [-0.1, -0.05) is 0 Å². The van der Waals surface area contributed by atoms with E-state index in [0.29, 0.717) is 24.3 Å². The average Bonchev–Trinajstić information content (AvgIpc) is 2.60. The molecule has 25 heavy (non-hydrogen) atoms. The number of nitrogens with one attached hydrogen (secondary N) is 1. The van der Waals surface area contributed by atoms with Crippen molar-refractivity contribution in [2.24, 2.45) is 0 Å². The van der Waals surface area contributed by atoms with E-state index >= 15 is 0 Å². The molecule has 0 bridgehead atoms. The summed E-state index contributed by atoms with van der Waals surface area (Å²) in [4.78, 5) is 25.8. The van der Waals surface area contributed by atoms with E-state index < -0.39 is 22.8 Å². The smallest absolute Gasteiger partial charge is 0.341 e. The predicted molar refractivity (Wildman–Crippen MR) is 89.8 cm³/mol. The molecule has 0 unspecified atom stereocenters. The standard InChI is InChI=1S/C16H17FN4O4/c1-19-8-25-15-12-9(14(22)10(16(23)24)7-21(12)19)6-11(17)13(15)20-4-2-18-3-5-20/h6-7,18H,2-5,8H2,1H3,(H,23,24). The molecule has 1 saturated heterocycles. The van der Waals surface area contributed by atoms with Gasteiger partial charge in [-0.25, -0.2) is 9.18 Å². The first-order valence-corrected chi connectivity index (χ1v) is 7.94. The van der Waals surface area contributed by atoms with Crippen molar-refractivity contribution < 1.29 is 19.0 Å². The Hall–Kier alpha value is -2.81. The van der Waals surface area contributed by atoms with E-state index in [1.807, 2.05) is 4.90 Å². The number of aromatic carboxylic acids is 1. The molecule has 4 rings (SSSR count). The van der Waals surface area contributed by atoms with Gasteiger partial charge in [0, 0.05) is 39.4 Å². The van der Waals surface area contributed by atoms with Gasteiger partial charge in [0.1, 0.15) is 16.8 Å². The Labute approximate surface area is 142 Å². The van der Waals surface area contributed by atoms with Crippen LogP contribution in [0.1, 0.15) is 10.4 Å². The van der Waals surface area contributed by atoms with E-state index in [1.165, 1.54) is 6.20 Å². The van der Waals surface area contributed by atoms with E-state index in [1.54, 1.807) is 16.7 Å². The number of carbonyl (C=O) groups is 1. The number of benzene rings is 1. The van der Waals surface area contributed by atoms with Crippen LogP contribution in [-0.4, -0.2) is 55.7 Å². The second-order valence-corrected chi connectivity index (χ2v) is 6.12. The van der Waals surface area contributed by atoms with E-state index in [0.717, 1.165) is 19.2 Å². The summed E-state index contributed by atoms with van der Waals surface area (Å²) in [5.74, 6) is -1.65. The molecule has 3 heterocycles. The number of carboxylic acids is 1. The van der Waals surface area contributed by atoms with Crippen LogP contribution in [0.5, 0.6) is 5.75 Å². The van der Waals surface area contributed by atoms with Gasteiger partial charge in [-0.3, -0.25) is 14.5 Å². The van der Waals surface area contributed by atoms with Crippen molar-refractivity contribution in [3.8, 4) is 5.75 Å². The maximum absolute atomic E-state index is 14.9. The Balaban J connectivity index is 2.06. The second kappa shape index (κ2) is 5.62. The molecule has 2 aliphatic heterocycles. The van der Waals surface area contributed by atoms with E-state index in [9.17, 15) is 19.1 Å². The third-order valence-electron chi connectivity index (χ3n) is 4.58. The number of ether oxygens (including phenoxy) is 1. The summed E-state index contributed by atoms with van der Waals surface area (Å²) in [6.07, 6.45) is 1.26. The van der Waals surface area contributed by atoms with Crippen molar-refractivity contribution >= 4 is 22.6 Å². The maximum atomic E-state index is 14.9. The first-order chi connectivity index (χ1) is 12.0. The Kier molecular flexibility index (Phi) is 3.53. The number of pyridine rings is 1. The quantitative estimate of drug-likeness (QED) is 0.800. The maximum Gasteiger partial charge on any atom is 0.341 e. The fraction of sp³-hybridized carbons (Fsp3) is 0.375. The molecule has 2 aliphatic rings. The predicted octanol–water partition coefficient (Wildman–Crippen LogP) is 0.166. The summed E-state index contributed by atoms with van der Waals surface area (Å²) in [6.45, 7) is 2.80. The van der Waals surface area contributed by atoms with Gasteiger partial charge in [-0.15, -0.1) is 0 Å². The molecule has 1 aromatic heterocycles. The number of halogens is 1. The normalized spacial score (nSPS) is 16.9. The van der Waals surface area contributed by atoms with E-state index in [-0.39, 0.29) is 17.9 Å². The lowest BCUT2D eigenvalue weighted by Crippen LogP contribution is -2.45. The van der Waals surface area contributed by atoms with Crippen LogP contribution >= 0.6 is 0 Å². The van der Waals surface area contributed by atoms with Crippen LogP contribution in [0.25, 0.3) is 10.9 Å². The zero-order valence-electron chi connectivity index (χ0n) is 13.6. The number of nitrogens with zero attached hydrogens (tertiary/aromatic N) is 3. The molecule has 2 N–H and O–H groups in total. The van der Waals surface area contributed by atoms with Gasteiger partial charge in [-0.2, -0.15) is 0 Å². The highest BCUT2D eigenvalue weighted by Crippen LogP contribution is 2.39. The van der Waals surface area contributed by atoms with Crippen LogP contribution in [0, 0.1) is 5.82 Å². The van der Waals surface area contributed by atoms with Crippen molar-refractivity contribution in [1.82, 2.24) is 9.99 Å². The molecule has 0 radical (unpaired) electrons. The highest BCUT2D eigenvalue weighted by Gasteiger charge is 2.29. The molecular formula is C16H17FN4O4. The van der Waals surface area contributed by atoms with Gasteiger partial charge >= 0.3 is 5.97 Å². The monoisotopic (exact) mass is 348 g/mol. The molecule has 0 saturated carbocycles. The molecule has 1 aromatic carbocycles. The number of piperazine rings is 1. The topological polar surface area (TPSA) is 87.0 Å². The largest absolute Gasteiger partial charge is 0.477 e. The molecule has 8 nitrogen and oxygen atoms in total. The summed E-state index contributed by atoms with van der Waals surface area (Å²) in [5, 5.41) is 14.1. The fourth-order valence-electron chi connectivity index (χ4n) is 3.36. The molecule has 0 spiro atoms. The third-order valence-corrected chi connectivity index (χ3v) is 4.58. The van der Waals surface area contributed by atoms with Gasteiger partial charge in [0.05, 0.1) is 5.39 Å². The Morgan fingerprint density at radius 1 is 1.36 bits per heavy atom. The Bertz CT molecular complexity index is 936. The van der Waals surface area contributed by atoms with Crippen molar-refractivity contribution in [2.45, 2.75) is 0 Å². The average molecular weight is 348 g/mol. The SMILES string of the molecule is CN1COc2c(N3CCNCC3)c(F)cc3c(=O)c(C(=O)O)cn1c23. The highest BCUT2D eigenvalue weighted by molar-refractivity contribution is 5.97. The van der Waals surface area contributed by atoms with Gasteiger partial charge in [-0.05, 0) is 6.07 Å². The number of hydrogen-bond acceptors (Lipinski definition) is 6. The van der Waals surface area contributed by atoms with Crippen LogP contribution in [0.4, 0.5) is 10.1 Å². The van der Waals surface area contributed by atoms with Crippen molar-refractivity contribution in [3.63, 3.8) is 0 Å². The number of aromatic nitrogens is 1. The summed E-state index contributed by atoms with van der Waals surface area (Å²) in [7, 11) is 1.70. The van der Waals surface area contributed by atoms with E-state index in [2.05, 4.69) is 5.32 Å². The number of rotatable bonds is 2. The first-order valence-electron chi connectivity index (χ1n) is 7.94. The molecule has 0 aliphatic carbocycles. The number of anilines is 1. The molecule has 132 valence electrons. The van der Waals surface area contributed by atoms with Gasteiger partial charge < -0.3 is 20.1 Å². The third kappa shape index (κ3) is 2.30. The Morgan fingerprint density at radius 3 is 2.76 bits per heavy atom. The molecule has 0 amide bonds. The minimum absolute atomic E-state index is 0.00201. The lowest BCUT2D eigenvalue weighted by atomic mass is 10.1. The van der Waals surface area contributed by atoms with Crippen molar-refractivity contribution in [2.75, 3.05) is 49.9 Å². The van der Waals surface area contributed by atoms with Crippen molar-refractivity contribution in [1.29, 1.82) is 0 Å². The second-order valence-electron chi connectivity index (χ2n) is 6.12. The van der Waals surface area contributed by atoms with E-state index in [4.69, 9.17) is 4.74 Å². The number of hydrogen-bond donors (Lipinski definition) is 2. The van der Waals surface area contributed by atoms with Gasteiger partial charge in [0.2, 0.25) is 5.43 Å². The first kappa shape index (κ1) is 15.7.